The first-order valence-corrected chi connectivity index (χ1v) is 8.87. The number of esters is 3. The summed E-state index contributed by atoms with van der Waals surface area (Å²) >= 11 is 0. The zero-order valence-corrected chi connectivity index (χ0v) is 16.6. The van der Waals surface area contributed by atoms with E-state index in [0.29, 0.717) is 5.56 Å². The largest absolute Gasteiger partial charge is 0.464 e. The Labute approximate surface area is 175 Å². The molecule has 0 aliphatic rings. The van der Waals surface area contributed by atoms with E-state index in [1.54, 1.807) is 30.3 Å². The molecular weight excluding hydrogens is 412 g/mol. The molecule has 0 radical (unpaired) electrons. The number of hydrogen-bond acceptors (Lipinski definition) is 11. The highest BCUT2D eigenvalue weighted by molar-refractivity contribution is 5.89. The third-order valence-electron chi connectivity index (χ3n) is 3.81. The lowest BCUT2D eigenvalue weighted by molar-refractivity contribution is 0.0129. The van der Waals surface area contributed by atoms with Gasteiger partial charge in [0, 0.05) is 0 Å². The molecule has 3 rings (SSSR count). The topological polar surface area (TPSA) is 150 Å². The van der Waals surface area contributed by atoms with Gasteiger partial charge in [-0.05, 0) is 12.1 Å². The Bertz CT molecular complexity index is 1060. The lowest BCUT2D eigenvalue weighted by Crippen LogP contribution is -2.17. The van der Waals surface area contributed by atoms with Crippen molar-refractivity contribution in [1.82, 2.24) is 29.8 Å². The molecule has 0 atom stereocenters. The van der Waals surface area contributed by atoms with E-state index in [-0.39, 0.29) is 37.4 Å². The molecule has 0 fully saturated rings. The molecule has 2 aromatic heterocycles. The monoisotopic (exact) mass is 430 g/mol. The predicted octanol–water partition coefficient (Wildman–Crippen LogP) is 0.263. The van der Waals surface area contributed by atoms with Crippen LogP contribution in [-0.4, -0.2) is 75.1 Å². The molecule has 13 nitrogen and oxygen atoms in total. The third kappa shape index (κ3) is 5.27. The van der Waals surface area contributed by atoms with Crippen molar-refractivity contribution in [2.45, 2.75) is 6.73 Å². The summed E-state index contributed by atoms with van der Waals surface area (Å²) in [5.41, 5.74) is 0.366. The first-order valence-electron chi connectivity index (χ1n) is 8.87. The van der Waals surface area contributed by atoms with Gasteiger partial charge in [0.25, 0.3) is 5.95 Å². The number of aromatic nitrogens is 6. The molecule has 162 valence electrons. The summed E-state index contributed by atoms with van der Waals surface area (Å²) < 4.78 is 22.0. The molecular formula is C18H18N6O7. The molecule has 0 saturated heterocycles. The normalized spacial score (nSPS) is 10.5. The molecule has 3 aromatic rings. The van der Waals surface area contributed by atoms with Crippen molar-refractivity contribution in [3.63, 3.8) is 0 Å². The fourth-order valence-corrected chi connectivity index (χ4v) is 2.32. The quantitative estimate of drug-likeness (QED) is 0.261. The van der Waals surface area contributed by atoms with E-state index in [0.717, 1.165) is 9.36 Å². The van der Waals surface area contributed by atoms with Crippen LogP contribution < -0.4 is 0 Å². The fourth-order valence-electron chi connectivity index (χ4n) is 2.32. The Morgan fingerprint density at radius 2 is 1.71 bits per heavy atom. The maximum absolute atomic E-state index is 12.0. The molecule has 0 bridgehead atoms. The Kier molecular flexibility index (Phi) is 7.01. The van der Waals surface area contributed by atoms with E-state index in [1.165, 1.54) is 20.4 Å². The van der Waals surface area contributed by atoms with Gasteiger partial charge in [0.1, 0.15) is 13.3 Å². The molecule has 0 saturated carbocycles. The summed E-state index contributed by atoms with van der Waals surface area (Å²) in [6.07, 6.45) is 1.25. The summed E-state index contributed by atoms with van der Waals surface area (Å²) in [6.45, 7) is -0.141. The smallest absolute Gasteiger partial charge is 0.375 e. The van der Waals surface area contributed by atoms with Crippen LogP contribution in [0.3, 0.4) is 0 Å². The SMILES string of the molecule is COC(=O)c1cn(-c2nc(C(=O)OC)n(COCCOC(=O)c3ccccc3)n2)nn1. The minimum Gasteiger partial charge on any atom is -0.464 e. The second-order valence-electron chi connectivity index (χ2n) is 5.81. The van der Waals surface area contributed by atoms with Gasteiger partial charge in [0.05, 0.1) is 32.6 Å². The van der Waals surface area contributed by atoms with Gasteiger partial charge in [-0.25, -0.2) is 19.1 Å². The summed E-state index contributed by atoms with van der Waals surface area (Å²) in [7, 11) is 2.40. The van der Waals surface area contributed by atoms with Crippen LogP contribution in [0.15, 0.2) is 36.5 Å². The molecule has 2 heterocycles. The summed E-state index contributed by atoms with van der Waals surface area (Å²) in [6, 6.07) is 8.53. The number of rotatable bonds is 9. The fraction of sp³-hybridized carbons (Fsp3) is 0.278. The Balaban J connectivity index is 1.61. The number of nitrogens with zero attached hydrogens (tertiary/aromatic N) is 6. The Morgan fingerprint density at radius 1 is 0.968 bits per heavy atom. The second-order valence-corrected chi connectivity index (χ2v) is 5.81. The van der Waals surface area contributed by atoms with Crippen molar-refractivity contribution in [1.29, 1.82) is 0 Å². The number of benzene rings is 1. The van der Waals surface area contributed by atoms with Crippen LogP contribution in [0.1, 0.15) is 31.5 Å². The van der Waals surface area contributed by atoms with Crippen LogP contribution in [0.2, 0.25) is 0 Å². The summed E-state index contributed by atoms with van der Waals surface area (Å²) in [5.74, 6) is -2.12. The van der Waals surface area contributed by atoms with Crippen LogP contribution in [0.25, 0.3) is 5.95 Å². The molecule has 1 aromatic carbocycles. The van der Waals surface area contributed by atoms with E-state index in [9.17, 15) is 14.4 Å². The summed E-state index contributed by atoms with van der Waals surface area (Å²) in [5, 5.41) is 11.5. The van der Waals surface area contributed by atoms with Gasteiger partial charge in [-0.15, -0.1) is 10.2 Å². The highest BCUT2D eigenvalue weighted by Crippen LogP contribution is 2.07. The van der Waals surface area contributed by atoms with Gasteiger partial charge in [-0.1, -0.05) is 23.4 Å². The van der Waals surface area contributed by atoms with Gasteiger partial charge in [-0.3, -0.25) is 0 Å². The third-order valence-corrected chi connectivity index (χ3v) is 3.81. The average Bonchev–Trinajstić information content (AvgIpc) is 3.46. The van der Waals surface area contributed by atoms with Gasteiger partial charge in [0.15, 0.2) is 5.69 Å². The number of ether oxygens (including phenoxy) is 4. The van der Waals surface area contributed by atoms with Crippen molar-refractivity contribution in [3.8, 4) is 5.95 Å². The molecule has 0 aliphatic carbocycles. The first-order chi connectivity index (χ1) is 15.0. The summed E-state index contributed by atoms with van der Waals surface area (Å²) in [4.78, 5) is 39.4. The van der Waals surface area contributed by atoms with E-state index >= 15 is 0 Å². The lowest BCUT2D eigenvalue weighted by Gasteiger charge is -2.07. The van der Waals surface area contributed by atoms with Crippen molar-refractivity contribution < 1.29 is 33.3 Å². The van der Waals surface area contributed by atoms with Gasteiger partial charge in [-0.2, -0.15) is 9.67 Å². The molecule has 0 N–H and O–H groups in total. The van der Waals surface area contributed by atoms with E-state index in [1.807, 2.05) is 0 Å². The van der Waals surface area contributed by atoms with Crippen molar-refractivity contribution >= 4 is 17.9 Å². The van der Waals surface area contributed by atoms with Gasteiger partial charge < -0.3 is 18.9 Å². The molecule has 13 heteroatoms. The average molecular weight is 430 g/mol. The van der Waals surface area contributed by atoms with Crippen LogP contribution in [0, 0.1) is 0 Å². The zero-order valence-electron chi connectivity index (χ0n) is 16.6. The van der Waals surface area contributed by atoms with Crippen LogP contribution in [0.4, 0.5) is 0 Å². The Morgan fingerprint density at radius 3 is 2.42 bits per heavy atom. The van der Waals surface area contributed by atoms with E-state index in [4.69, 9.17) is 9.47 Å². The molecule has 31 heavy (non-hydrogen) atoms. The molecule has 0 aliphatic heterocycles. The lowest BCUT2D eigenvalue weighted by atomic mass is 10.2. The maximum atomic E-state index is 12.0. The molecule has 0 amide bonds. The van der Waals surface area contributed by atoms with Gasteiger partial charge >= 0.3 is 17.9 Å². The maximum Gasteiger partial charge on any atom is 0.375 e. The van der Waals surface area contributed by atoms with Crippen molar-refractivity contribution in [2.24, 2.45) is 0 Å². The van der Waals surface area contributed by atoms with Crippen LogP contribution in [-0.2, 0) is 25.7 Å². The van der Waals surface area contributed by atoms with Gasteiger partial charge in [0.2, 0.25) is 5.82 Å². The van der Waals surface area contributed by atoms with E-state index in [2.05, 4.69) is 29.9 Å². The minimum atomic E-state index is -0.758. The zero-order chi connectivity index (χ0) is 22.2. The molecule has 0 spiro atoms. The van der Waals surface area contributed by atoms with Crippen LogP contribution >= 0.6 is 0 Å². The highest BCUT2D eigenvalue weighted by atomic mass is 16.6. The Hall–Kier alpha value is -4.13. The second kappa shape index (κ2) is 10.1. The van der Waals surface area contributed by atoms with Crippen LogP contribution in [0.5, 0.6) is 0 Å². The number of carbonyl (C=O) groups is 3. The predicted molar refractivity (Wildman–Crippen MR) is 100 cm³/mol. The number of methoxy groups -OCH3 is 2. The number of hydrogen-bond donors (Lipinski definition) is 0. The highest BCUT2D eigenvalue weighted by Gasteiger charge is 2.21. The molecule has 0 unspecified atom stereocenters. The van der Waals surface area contributed by atoms with Crippen molar-refractivity contribution in [2.75, 3.05) is 27.4 Å². The van der Waals surface area contributed by atoms with Crippen molar-refractivity contribution in [3.05, 3.63) is 53.6 Å². The standard InChI is InChI=1S/C18H18N6O7/c1-28-16(26)13-10-23(22-20-13)18-19-14(17(27)29-2)24(21-18)11-30-8-9-31-15(25)12-6-4-3-5-7-12/h3-7,10H,8-9,11H2,1-2H3. The number of carbonyl (C=O) groups excluding carboxylic acids is 3. The first kappa shape index (κ1) is 21.6. The van der Waals surface area contributed by atoms with E-state index < -0.39 is 17.9 Å². The minimum absolute atomic E-state index is 0.00555.